The summed E-state index contributed by atoms with van der Waals surface area (Å²) >= 11 is 0. The lowest BCUT2D eigenvalue weighted by atomic mass is 9.83. The molecular formula is C20H22. The predicted molar refractivity (Wildman–Crippen MR) is 87.6 cm³/mol. The lowest BCUT2D eigenvalue weighted by Crippen LogP contribution is -2.04. The van der Waals surface area contributed by atoms with E-state index in [4.69, 9.17) is 0 Å². The zero-order chi connectivity index (χ0) is 13.6. The summed E-state index contributed by atoms with van der Waals surface area (Å²) < 4.78 is 0. The molecule has 3 rings (SSSR count). The Bertz CT molecular complexity index is 560. The Kier molecular flexibility index (Phi) is 4.32. The average molecular weight is 262 g/mol. The Morgan fingerprint density at radius 1 is 0.700 bits per heavy atom. The third-order valence-electron chi connectivity index (χ3n) is 4.26. The normalized spacial score (nSPS) is 16.6. The van der Waals surface area contributed by atoms with E-state index in [1.807, 2.05) is 0 Å². The van der Waals surface area contributed by atoms with E-state index in [2.05, 4.69) is 66.7 Å². The molecule has 0 saturated heterocycles. The maximum absolute atomic E-state index is 2.37. The minimum Gasteiger partial charge on any atom is -0.0622 e. The van der Waals surface area contributed by atoms with Gasteiger partial charge < -0.3 is 0 Å². The number of hydrogen-bond donors (Lipinski definition) is 0. The molecular weight excluding hydrogens is 240 g/mol. The van der Waals surface area contributed by atoms with Gasteiger partial charge in [-0.2, -0.15) is 0 Å². The van der Waals surface area contributed by atoms with Crippen molar-refractivity contribution in [2.45, 2.75) is 38.0 Å². The largest absolute Gasteiger partial charge is 0.0622 e. The van der Waals surface area contributed by atoms with Gasteiger partial charge >= 0.3 is 0 Å². The minimum absolute atomic E-state index is 0.786. The molecule has 0 N–H and O–H groups in total. The maximum Gasteiger partial charge on any atom is -0.0162 e. The zero-order valence-electron chi connectivity index (χ0n) is 12.0. The fraction of sp³-hybridized carbons (Fsp3) is 0.300. The molecule has 2 aromatic carbocycles. The van der Waals surface area contributed by atoms with Crippen LogP contribution in [0.4, 0.5) is 0 Å². The summed E-state index contributed by atoms with van der Waals surface area (Å²) in [6.45, 7) is 0. The van der Waals surface area contributed by atoms with Gasteiger partial charge in [0, 0.05) is 0 Å². The molecule has 0 aliphatic heterocycles. The van der Waals surface area contributed by atoms with E-state index in [-0.39, 0.29) is 0 Å². The molecule has 1 saturated carbocycles. The van der Waals surface area contributed by atoms with E-state index in [1.54, 1.807) is 0 Å². The Hall–Kier alpha value is -1.82. The Labute approximate surface area is 122 Å². The van der Waals surface area contributed by atoms with Gasteiger partial charge in [-0.25, -0.2) is 0 Å². The van der Waals surface area contributed by atoms with E-state index >= 15 is 0 Å². The molecule has 0 radical (unpaired) electrons. The zero-order valence-corrected chi connectivity index (χ0v) is 12.0. The number of hydrogen-bond acceptors (Lipinski definition) is 0. The van der Waals surface area contributed by atoms with E-state index in [0.29, 0.717) is 0 Å². The van der Waals surface area contributed by atoms with Crippen molar-refractivity contribution in [3.63, 3.8) is 0 Å². The quantitative estimate of drug-likeness (QED) is 0.604. The van der Waals surface area contributed by atoms with Crippen LogP contribution in [0.5, 0.6) is 0 Å². The first-order valence-electron chi connectivity index (χ1n) is 7.75. The van der Waals surface area contributed by atoms with Gasteiger partial charge in [-0.05, 0) is 35.4 Å². The molecule has 102 valence electrons. The average Bonchev–Trinajstić information content (AvgIpc) is 2.55. The van der Waals surface area contributed by atoms with Crippen molar-refractivity contribution in [3.05, 3.63) is 71.3 Å². The highest BCUT2D eigenvalue weighted by Gasteiger charge is 2.15. The van der Waals surface area contributed by atoms with Crippen molar-refractivity contribution < 1.29 is 0 Å². The highest BCUT2D eigenvalue weighted by Crippen LogP contribution is 2.32. The second kappa shape index (κ2) is 6.56. The van der Waals surface area contributed by atoms with Crippen molar-refractivity contribution in [2.75, 3.05) is 0 Å². The van der Waals surface area contributed by atoms with Crippen molar-refractivity contribution >= 4 is 12.2 Å². The topological polar surface area (TPSA) is 0 Å². The lowest BCUT2D eigenvalue weighted by Gasteiger charge is -2.22. The molecule has 0 heteroatoms. The second-order valence-electron chi connectivity index (χ2n) is 5.75. The van der Waals surface area contributed by atoms with Crippen molar-refractivity contribution in [1.82, 2.24) is 0 Å². The van der Waals surface area contributed by atoms with Gasteiger partial charge in [-0.15, -0.1) is 0 Å². The molecule has 2 aromatic rings. The number of rotatable bonds is 3. The predicted octanol–water partition coefficient (Wildman–Crippen LogP) is 5.90. The standard InChI is InChI=1S/C20H22/c1-3-8-17(9-4-1)14-15-18-10-7-13-20(16-18)19-11-5-2-6-12-19/h1,3-4,7-10,13-16,19H,2,5-6,11-12H2/b15-14+. The number of benzene rings is 2. The van der Waals surface area contributed by atoms with Gasteiger partial charge in [-0.1, -0.05) is 86.0 Å². The third kappa shape index (κ3) is 3.39. The molecule has 0 aromatic heterocycles. The molecule has 0 unspecified atom stereocenters. The monoisotopic (exact) mass is 262 g/mol. The molecule has 1 fully saturated rings. The summed E-state index contributed by atoms with van der Waals surface area (Å²) in [7, 11) is 0. The van der Waals surface area contributed by atoms with Crippen molar-refractivity contribution in [2.24, 2.45) is 0 Å². The molecule has 0 nitrogen and oxygen atoms in total. The molecule has 0 amide bonds. The molecule has 0 heterocycles. The highest BCUT2D eigenvalue weighted by atomic mass is 14.2. The third-order valence-corrected chi connectivity index (χ3v) is 4.26. The maximum atomic E-state index is 2.37. The van der Waals surface area contributed by atoms with Crippen LogP contribution in [-0.2, 0) is 0 Å². The van der Waals surface area contributed by atoms with Crippen molar-refractivity contribution in [3.8, 4) is 0 Å². The first kappa shape index (κ1) is 13.2. The van der Waals surface area contributed by atoms with Crippen LogP contribution in [0.3, 0.4) is 0 Å². The van der Waals surface area contributed by atoms with E-state index in [1.165, 1.54) is 48.8 Å². The first-order valence-corrected chi connectivity index (χ1v) is 7.75. The molecule has 20 heavy (non-hydrogen) atoms. The van der Waals surface area contributed by atoms with Crippen LogP contribution in [0, 0.1) is 0 Å². The van der Waals surface area contributed by atoms with E-state index in [0.717, 1.165) is 5.92 Å². The van der Waals surface area contributed by atoms with Gasteiger partial charge in [0.1, 0.15) is 0 Å². The molecule has 1 aliphatic rings. The summed E-state index contributed by atoms with van der Waals surface area (Å²) in [5.41, 5.74) is 4.10. The fourth-order valence-electron chi connectivity index (χ4n) is 3.11. The van der Waals surface area contributed by atoms with Crippen LogP contribution >= 0.6 is 0 Å². The van der Waals surface area contributed by atoms with E-state index < -0.39 is 0 Å². The van der Waals surface area contributed by atoms with Crippen molar-refractivity contribution in [1.29, 1.82) is 0 Å². The SMILES string of the molecule is C(=C\c1cccc(C2CCCCC2)c1)/c1ccccc1. The minimum atomic E-state index is 0.786. The molecule has 0 spiro atoms. The Balaban J connectivity index is 1.75. The van der Waals surface area contributed by atoms with Gasteiger partial charge in [0.2, 0.25) is 0 Å². The van der Waals surface area contributed by atoms with Crippen LogP contribution in [0.25, 0.3) is 12.2 Å². The lowest BCUT2D eigenvalue weighted by molar-refractivity contribution is 0.443. The van der Waals surface area contributed by atoms with E-state index in [9.17, 15) is 0 Å². The van der Waals surface area contributed by atoms with Crippen LogP contribution < -0.4 is 0 Å². The van der Waals surface area contributed by atoms with Gasteiger partial charge in [-0.3, -0.25) is 0 Å². The van der Waals surface area contributed by atoms with Crippen LogP contribution in [0.2, 0.25) is 0 Å². The summed E-state index contributed by atoms with van der Waals surface area (Å²) in [5, 5.41) is 0. The fourth-order valence-corrected chi connectivity index (χ4v) is 3.11. The summed E-state index contributed by atoms with van der Waals surface area (Å²) in [4.78, 5) is 0. The summed E-state index contributed by atoms with van der Waals surface area (Å²) in [5.74, 6) is 0.786. The highest BCUT2D eigenvalue weighted by molar-refractivity contribution is 5.69. The first-order chi connectivity index (χ1) is 9.92. The van der Waals surface area contributed by atoms with Gasteiger partial charge in [0.05, 0.1) is 0 Å². The van der Waals surface area contributed by atoms with Crippen LogP contribution in [0.1, 0.15) is 54.7 Å². The second-order valence-corrected chi connectivity index (χ2v) is 5.75. The van der Waals surface area contributed by atoms with Gasteiger partial charge in [0.25, 0.3) is 0 Å². The van der Waals surface area contributed by atoms with Gasteiger partial charge in [0.15, 0.2) is 0 Å². The molecule has 1 aliphatic carbocycles. The summed E-state index contributed by atoms with van der Waals surface area (Å²) in [6, 6.07) is 19.6. The summed E-state index contributed by atoms with van der Waals surface area (Å²) in [6.07, 6.45) is 11.4. The molecule has 0 atom stereocenters. The molecule has 0 bridgehead atoms. The Morgan fingerprint density at radius 3 is 2.20 bits per heavy atom. The Morgan fingerprint density at radius 2 is 1.40 bits per heavy atom. The smallest absolute Gasteiger partial charge is 0.0162 e. The van der Waals surface area contributed by atoms with Crippen LogP contribution in [-0.4, -0.2) is 0 Å². The van der Waals surface area contributed by atoms with Crippen LogP contribution in [0.15, 0.2) is 54.6 Å².